The van der Waals surface area contributed by atoms with E-state index in [0.29, 0.717) is 34.0 Å². The molecule has 0 spiro atoms. The summed E-state index contributed by atoms with van der Waals surface area (Å²) < 4.78 is 12.2. The average Bonchev–Trinajstić information content (AvgIpc) is 3.41. The van der Waals surface area contributed by atoms with Crippen molar-refractivity contribution in [1.82, 2.24) is 9.58 Å². The lowest BCUT2D eigenvalue weighted by atomic mass is 9.98. The zero-order valence-electron chi connectivity index (χ0n) is 18.7. The van der Waals surface area contributed by atoms with E-state index in [1.165, 1.54) is 9.58 Å². The molecule has 0 saturated heterocycles. The van der Waals surface area contributed by atoms with Crippen molar-refractivity contribution in [2.45, 2.75) is 25.9 Å². The van der Waals surface area contributed by atoms with Crippen LogP contribution in [-0.4, -0.2) is 28.3 Å². The molecule has 0 N–H and O–H groups in total. The number of hydrogen-bond acceptors (Lipinski definition) is 5. The van der Waals surface area contributed by atoms with Gasteiger partial charge in [-0.3, -0.25) is 9.36 Å². The summed E-state index contributed by atoms with van der Waals surface area (Å²) >= 11 is 6.51. The second-order valence-electron chi connectivity index (χ2n) is 8.15. The topological polar surface area (TPSA) is 77.0 Å². The molecule has 1 aromatic heterocycles. The largest absolute Gasteiger partial charge is 0.496 e. The van der Waals surface area contributed by atoms with E-state index < -0.39 is 11.8 Å². The molecule has 1 amide bonds. The number of carbonyl (C=O) groups is 1. The Bertz CT molecular complexity index is 1490. The van der Waals surface area contributed by atoms with Crippen LogP contribution < -0.4 is 10.5 Å². The van der Waals surface area contributed by atoms with Crippen LogP contribution in [0.4, 0.5) is 0 Å². The van der Waals surface area contributed by atoms with E-state index in [1.54, 1.807) is 19.2 Å². The van der Waals surface area contributed by atoms with Crippen LogP contribution in [0.25, 0.3) is 11.1 Å². The highest BCUT2D eigenvalue weighted by atomic mass is 35.5. The van der Waals surface area contributed by atoms with Crippen LogP contribution in [0, 0.1) is 6.92 Å². The molecular weight excluding hydrogens is 454 g/mol. The lowest BCUT2D eigenvalue weighted by Gasteiger charge is -2.23. The number of rotatable bonds is 5. The molecule has 0 aliphatic carbocycles. The maximum atomic E-state index is 13.6. The Morgan fingerprint density at radius 3 is 2.71 bits per heavy atom. The number of hydrazone groups is 1. The summed E-state index contributed by atoms with van der Waals surface area (Å²) in [4.78, 5) is 26.1. The van der Waals surface area contributed by atoms with Gasteiger partial charge in [-0.25, -0.2) is 9.80 Å². The van der Waals surface area contributed by atoms with Crippen LogP contribution in [0.3, 0.4) is 0 Å². The van der Waals surface area contributed by atoms with E-state index in [4.69, 9.17) is 20.8 Å². The van der Waals surface area contributed by atoms with Crippen molar-refractivity contribution in [3.8, 4) is 5.75 Å². The fraction of sp³-hybridized carbons (Fsp3) is 0.192. The Morgan fingerprint density at radius 1 is 1.15 bits per heavy atom. The number of ether oxygens (including phenoxy) is 1. The third kappa shape index (κ3) is 3.88. The quantitative estimate of drug-likeness (QED) is 0.409. The van der Waals surface area contributed by atoms with Crippen LogP contribution in [0.1, 0.15) is 29.2 Å². The van der Waals surface area contributed by atoms with E-state index in [9.17, 15) is 9.59 Å². The van der Waals surface area contributed by atoms with Crippen molar-refractivity contribution < 1.29 is 13.9 Å². The molecule has 0 saturated carbocycles. The van der Waals surface area contributed by atoms with Gasteiger partial charge in [-0.2, -0.15) is 5.10 Å². The Morgan fingerprint density at radius 2 is 1.91 bits per heavy atom. The number of fused-ring (bicyclic) bond motifs is 1. The van der Waals surface area contributed by atoms with Gasteiger partial charge < -0.3 is 9.15 Å². The number of methoxy groups -OCH3 is 1. The van der Waals surface area contributed by atoms with Gasteiger partial charge in [0.1, 0.15) is 12.3 Å². The molecule has 1 aliphatic heterocycles. The summed E-state index contributed by atoms with van der Waals surface area (Å²) in [5, 5.41) is 6.65. The number of benzene rings is 3. The fourth-order valence-electron chi connectivity index (χ4n) is 4.30. The lowest BCUT2D eigenvalue weighted by molar-refractivity contribution is -0.133. The van der Waals surface area contributed by atoms with Gasteiger partial charge in [-0.05, 0) is 48.4 Å². The van der Waals surface area contributed by atoms with Crippen LogP contribution in [0.5, 0.6) is 5.75 Å². The molecule has 8 heteroatoms. The van der Waals surface area contributed by atoms with Crippen molar-refractivity contribution in [3.63, 3.8) is 0 Å². The zero-order chi connectivity index (χ0) is 23.8. The van der Waals surface area contributed by atoms with E-state index in [-0.39, 0.29) is 12.5 Å². The summed E-state index contributed by atoms with van der Waals surface area (Å²) in [6, 6.07) is 19.9. The monoisotopic (exact) mass is 475 g/mol. The fourth-order valence-corrected chi connectivity index (χ4v) is 4.56. The van der Waals surface area contributed by atoms with Crippen molar-refractivity contribution in [2.24, 2.45) is 5.10 Å². The molecule has 0 bridgehead atoms. The molecular formula is C26H22ClN3O4. The van der Waals surface area contributed by atoms with Crippen molar-refractivity contribution in [2.75, 3.05) is 7.11 Å². The Balaban J connectivity index is 1.56. The Hall–Kier alpha value is -3.84. The third-order valence-corrected chi connectivity index (χ3v) is 6.31. The smallest absolute Gasteiger partial charge is 0.420 e. The number of para-hydroxylation sites is 1. The predicted octanol–water partition coefficient (Wildman–Crippen LogP) is 4.94. The molecule has 4 aromatic rings. The molecule has 172 valence electrons. The lowest BCUT2D eigenvalue weighted by Crippen LogP contribution is -2.32. The first-order valence-corrected chi connectivity index (χ1v) is 11.2. The second kappa shape index (κ2) is 8.83. The predicted molar refractivity (Wildman–Crippen MR) is 130 cm³/mol. The molecule has 1 atom stereocenters. The Kier molecular flexibility index (Phi) is 5.71. The molecule has 5 rings (SSSR count). The summed E-state index contributed by atoms with van der Waals surface area (Å²) in [6.45, 7) is 1.71. The first kappa shape index (κ1) is 22.0. The number of hydrogen-bond donors (Lipinski definition) is 0. The van der Waals surface area contributed by atoms with Crippen LogP contribution >= 0.6 is 11.6 Å². The number of nitrogens with zero attached hydrogens (tertiary/aromatic N) is 3. The molecule has 0 radical (unpaired) electrons. The van der Waals surface area contributed by atoms with E-state index in [0.717, 1.165) is 16.7 Å². The summed E-state index contributed by atoms with van der Waals surface area (Å²) in [6.07, 6.45) is 0.454. The normalized spacial score (nSPS) is 15.6. The standard InChI is InChI=1S/C26H22ClN3O4/c1-16-11-12-24-22(13-16)29(26(32)34-24)15-25(31)30-21(17-7-3-5-9-19(17)27)14-20(28-30)18-8-4-6-10-23(18)33-2/h3-13,21H,14-15H2,1-2H3. The maximum absolute atomic E-state index is 13.6. The zero-order valence-corrected chi connectivity index (χ0v) is 19.5. The molecule has 34 heavy (non-hydrogen) atoms. The van der Waals surface area contributed by atoms with Gasteiger partial charge in [-0.1, -0.05) is 48.0 Å². The SMILES string of the molecule is COc1ccccc1C1=NN(C(=O)Cn2c(=O)oc3ccc(C)cc32)C(c2ccccc2Cl)C1. The summed E-state index contributed by atoms with van der Waals surface area (Å²) in [5.41, 5.74) is 4.26. The van der Waals surface area contributed by atoms with Crippen LogP contribution in [0.2, 0.25) is 5.02 Å². The van der Waals surface area contributed by atoms with Gasteiger partial charge in [0.15, 0.2) is 5.58 Å². The van der Waals surface area contributed by atoms with Gasteiger partial charge in [0.05, 0.1) is 24.4 Å². The van der Waals surface area contributed by atoms with E-state index in [2.05, 4.69) is 5.10 Å². The van der Waals surface area contributed by atoms with E-state index >= 15 is 0 Å². The average molecular weight is 476 g/mol. The number of amides is 1. The van der Waals surface area contributed by atoms with Gasteiger partial charge in [0.2, 0.25) is 0 Å². The molecule has 3 aromatic carbocycles. The van der Waals surface area contributed by atoms with Gasteiger partial charge in [0.25, 0.3) is 5.91 Å². The minimum atomic E-state index is -0.587. The van der Waals surface area contributed by atoms with Gasteiger partial charge in [0, 0.05) is 17.0 Å². The van der Waals surface area contributed by atoms with Crippen molar-refractivity contribution in [3.05, 3.63) is 99.0 Å². The number of halogens is 1. The number of oxazole rings is 1. The van der Waals surface area contributed by atoms with Crippen molar-refractivity contribution in [1.29, 1.82) is 0 Å². The molecule has 1 aliphatic rings. The number of aromatic nitrogens is 1. The Labute approximate surface area is 200 Å². The van der Waals surface area contributed by atoms with Crippen LogP contribution in [0.15, 0.2) is 81.0 Å². The first-order chi connectivity index (χ1) is 16.5. The summed E-state index contributed by atoms with van der Waals surface area (Å²) in [7, 11) is 1.60. The highest BCUT2D eigenvalue weighted by Gasteiger charge is 2.35. The van der Waals surface area contributed by atoms with Crippen molar-refractivity contribution >= 4 is 34.3 Å². The molecule has 1 unspecified atom stereocenters. The maximum Gasteiger partial charge on any atom is 0.420 e. The minimum absolute atomic E-state index is 0.209. The molecule has 2 heterocycles. The number of carbonyl (C=O) groups excluding carboxylic acids is 1. The highest BCUT2D eigenvalue weighted by molar-refractivity contribution is 6.31. The van der Waals surface area contributed by atoms with Crippen LogP contribution in [-0.2, 0) is 11.3 Å². The summed E-state index contributed by atoms with van der Waals surface area (Å²) in [5.74, 6) is -0.265. The second-order valence-corrected chi connectivity index (χ2v) is 8.56. The van der Waals surface area contributed by atoms with Gasteiger partial charge >= 0.3 is 5.76 Å². The third-order valence-electron chi connectivity index (χ3n) is 5.96. The highest BCUT2D eigenvalue weighted by Crippen LogP contribution is 2.38. The number of aryl methyl sites for hydroxylation is 1. The van der Waals surface area contributed by atoms with Gasteiger partial charge in [-0.15, -0.1) is 0 Å². The molecule has 0 fully saturated rings. The minimum Gasteiger partial charge on any atom is -0.496 e. The molecule has 7 nitrogen and oxygen atoms in total. The van der Waals surface area contributed by atoms with E-state index in [1.807, 2.05) is 61.5 Å². The first-order valence-electron chi connectivity index (χ1n) is 10.8.